The van der Waals surface area contributed by atoms with E-state index in [0.29, 0.717) is 29.8 Å². The number of hydrogen-bond donors (Lipinski definition) is 0. The lowest BCUT2D eigenvalue weighted by atomic mass is 10.2. The Morgan fingerprint density at radius 3 is 2.67 bits per heavy atom. The average molecular weight is 301 g/mol. The normalized spacial score (nSPS) is 10.5. The molecular formula is C16H13ClN2O2. The van der Waals surface area contributed by atoms with Gasteiger partial charge in [-0.05, 0) is 30.3 Å². The molecule has 0 aliphatic carbocycles. The lowest BCUT2D eigenvalue weighted by Crippen LogP contribution is -2.01. The number of ether oxygens (including phenoxy) is 1. The van der Waals surface area contributed by atoms with Crippen LogP contribution in [0.15, 0.2) is 59.0 Å². The predicted molar refractivity (Wildman–Crippen MR) is 80.4 cm³/mol. The summed E-state index contributed by atoms with van der Waals surface area (Å²) >= 11 is 5.89. The van der Waals surface area contributed by atoms with E-state index in [9.17, 15) is 0 Å². The highest BCUT2D eigenvalue weighted by molar-refractivity contribution is 6.30. The van der Waals surface area contributed by atoms with Gasteiger partial charge in [0.05, 0.1) is 13.0 Å². The van der Waals surface area contributed by atoms with Crippen molar-refractivity contribution in [3.8, 4) is 17.2 Å². The van der Waals surface area contributed by atoms with E-state index in [1.54, 1.807) is 12.1 Å². The van der Waals surface area contributed by atoms with Gasteiger partial charge in [0.25, 0.3) is 0 Å². The quantitative estimate of drug-likeness (QED) is 0.714. The summed E-state index contributed by atoms with van der Waals surface area (Å²) in [5, 5.41) is 8.70. The van der Waals surface area contributed by atoms with Crippen molar-refractivity contribution in [2.75, 3.05) is 6.61 Å². The van der Waals surface area contributed by atoms with Gasteiger partial charge in [-0.1, -0.05) is 35.9 Å². The number of aromatic nitrogens is 2. The lowest BCUT2D eigenvalue weighted by molar-refractivity contribution is 0.307. The Morgan fingerprint density at radius 2 is 1.86 bits per heavy atom. The van der Waals surface area contributed by atoms with E-state index in [4.69, 9.17) is 20.8 Å². The van der Waals surface area contributed by atoms with Gasteiger partial charge in [0.1, 0.15) is 5.75 Å². The molecule has 0 radical (unpaired) electrons. The van der Waals surface area contributed by atoms with Crippen molar-refractivity contribution in [1.82, 2.24) is 10.2 Å². The molecule has 0 unspecified atom stereocenters. The Balaban J connectivity index is 1.58. The fraction of sp³-hybridized carbons (Fsp3) is 0.125. The summed E-state index contributed by atoms with van der Waals surface area (Å²) in [7, 11) is 0. The van der Waals surface area contributed by atoms with Gasteiger partial charge in [-0.3, -0.25) is 0 Å². The second-order valence-electron chi connectivity index (χ2n) is 4.42. The fourth-order valence-electron chi connectivity index (χ4n) is 1.86. The Hall–Kier alpha value is -2.33. The molecule has 0 fully saturated rings. The molecule has 3 rings (SSSR count). The van der Waals surface area contributed by atoms with E-state index in [2.05, 4.69) is 10.2 Å². The molecule has 1 aromatic heterocycles. The third kappa shape index (κ3) is 3.61. The maximum Gasteiger partial charge on any atom is 0.247 e. The highest BCUT2D eigenvalue weighted by Gasteiger charge is 2.08. The first-order valence-electron chi connectivity index (χ1n) is 6.57. The molecule has 0 saturated heterocycles. The standard InChI is InChI=1S/C16H13ClN2O2/c17-13-7-4-8-14(11-13)20-10-9-15-18-19-16(21-15)12-5-2-1-3-6-12/h1-8,11H,9-10H2. The average Bonchev–Trinajstić information content (AvgIpc) is 2.97. The van der Waals surface area contributed by atoms with Crippen LogP contribution < -0.4 is 4.74 Å². The second kappa shape index (κ2) is 6.41. The van der Waals surface area contributed by atoms with Crippen molar-refractivity contribution >= 4 is 11.6 Å². The Bertz CT molecular complexity index is 713. The van der Waals surface area contributed by atoms with E-state index in [0.717, 1.165) is 11.3 Å². The molecule has 0 atom stereocenters. The fourth-order valence-corrected chi connectivity index (χ4v) is 2.05. The summed E-state index contributed by atoms with van der Waals surface area (Å²) in [6, 6.07) is 16.9. The largest absolute Gasteiger partial charge is 0.493 e. The molecule has 1 heterocycles. The van der Waals surface area contributed by atoms with E-state index >= 15 is 0 Å². The van der Waals surface area contributed by atoms with E-state index in [1.165, 1.54) is 0 Å². The van der Waals surface area contributed by atoms with Gasteiger partial charge in [-0.25, -0.2) is 0 Å². The van der Waals surface area contributed by atoms with Crippen LogP contribution in [-0.4, -0.2) is 16.8 Å². The van der Waals surface area contributed by atoms with Crippen molar-refractivity contribution in [2.45, 2.75) is 6.42 Å². The first-order valence-corrected chi connectivity index (χ1v) is 6.95. The number of halogens is 1. The maximum absolute atomic E-state index is 5.89. The van der Waals surface area contributed by atoms with Crippen LogP contribution in [-0.2, 0) is 6.42 Å². The van der Waals surface area contributed by atoms with Crippen molar-refractivity contribution < 1.29 is 9.15 Å². The minimum atomic E-state index is 0.455. The third-order valence-corrected chi connectivity index (χ3v) is 3.10. The van der Waals surface area contributed by atoms with Crippen molar-refractivity contribution in [3.63, 3.8) is 0 Å². The molecule has 0 bridgehead atoms. The van der Waals surface area contributed by atoms with Crippen LogP contribution in [0, 0.1) is 0 Å². The highest BCUT2D eigenvalue weighted by atomic mass is 35.5. The topological polar surface area (TPSA) is 48.2 Å². The van der Waals surface area contributed by atoms with Crippen LogP contribution in [0.3, 0.4) is 0 Å². The molecule has 3 aromatic rings. The summed E-state index contributed by atoms with van der Waals surface area (Å²) in [6.45, 7) is 0.455. The molecule has 0 aliphatic rings. The molecule has 0 saturated carbocycles. The van der Waals surface area contributed by atoms with Crippen molar-refractivity contribution in [1.29, 1.82) is 0 Å². The van der Waals surface area contributed by atoms with Gasteiger partial charge in [0, 0.05) is 10.6 Å². The van der Waals surface area contributed by atoms with Crippen LogP contribution >= 0.6 is 11.6 Å². The molecule has 4 nitrogen and oxygen atoms in total. The molecule has 2 aromatic carbocycles. The summed E-state index contributed by atoms with van der Waals surface area (Å²) in [4.78, 5) is 0. The van der Waals surface area contributed by atoms with Crippen molar-refractivity contribution in [2.24, 2.45) is 0 Å². The van der Waals surface area contributed by atoms with Crippen molar-refractivity contribution in [3.05, 3.63) is 65.5 Å². The molecule has 0 spiro atoms. The highest BCUT2D eigenvalue weighted by Crippen LogP contribution is 2.19. The Kier molecular flexibility index (Phi) is 4.17. The van der Waals surface area contributed by atoms with Gasteiger partial charge in [0.15, 0.2) is 0 Å². The lowest BCUT2D eigenvalue weighted by Gasteiger charge is -2.04. The summed E-state index contributed by atoms with van der Waals surface area (Å²) < 4.78 is 11.2. The summed E-state index contributed by atoms with van der Waals surface area (Å²) in [6.07, 6.45) is 0.548. The summed E-state index contributed by atoms with van der Waals surface area (Å²) in [5.41, 5.74) is 0.909. The molecule has 106 valence electrons. The van der Waals surface area contributed by atoms with Gasteiger partial charge < -0.3 is 9.15 Å². The van der Waals surface area contributed by atoms with E-state index < -0.39 is 0 Å². The van der Waals surface area contributed by atoms with Gasteiger partial charge >= 0.3 is 0 Å². The Labute approximate surface area is 127 Å². The number of hydrogen-bond acceptors (Lipinski definition) is 4. The molecule has 0 aliphatic heterocycles. The van der Waals surface area contributed by atoms with Crippen LogP contribution in [0.25, 0.3) is 11.5 Å². The van der Waals surface area contributed by atoms with Crippen LogP contribution in [0.2, 0.25) is 5.02 Å². The molecule has 0 amide bonds. The number of rotatable bonds is 5. The first kappa shape index (κ1) is 13.6. The minimum absolute atomic E-state index is 0.455. The third-order valence-electron chi connectivity index (χ3n) is 2.87. The molecular weight excluding hydrogens is 288 g/mol. The van der Waals surface area contributed by atoms with Gasteiger partial charge in [0.2, 0.25) is 11.8 Å². The molecule has 0 N–H and O–H groups in total. The van der Waals surface area contributed by atoms with Crippen LogP contribution in [0.1, 0.15) is 5.89 Å². The maximum atomic E-state index is 5.89. The van der Waals surface area contributed by atoms with Crippen LogP contribution in [0.4, 0.5) is 0 Å². The SMILES string of the molecule is Clc1cccc(OCCc2nnc(-c3ccccc3)o2)c1. The van der Waals surface area contributed by atoms with E-state index in [1.807, 2.05) is 42.5 Å². The van der Waals surface area contributed by atoms with E-state index in [-0.39, 0.29) is 0 Å². The zero-order chi connectivity index (χ0) is 14.5. The summed E-state index contributed by atoms with van der Waals surface area (Å²) in [5.74, 6) is 1.80. The van der Waals surface area contributed by atoms with Gasteiger partial charge in [-0.15, -0.1) is 10.2 Å². The van der Waals surface area contributed by atoms with Crippen LogP contribution in [0.5, 0.6) is 5.75 Å². The zero-order valence-electron chi connectivity index (χ0n) is 11.2. The Morgan fingerprint density at radius 1 is 1.00 bits per heavy atom. The number of benzene rings is 2. The second-order valence-corrected chi connectivity index (χ2v) is 4.86. The smallest absolute Gasteiger partial charge is 0.247 e. The zero-order valence-corrected chi connectivity index (χ0v) is 12.0. The van der Waals surface area contributed by atoms with Gasteiger partial charge in [-0.2, -0.15) is 0 Å². The first-order chi connectivity index (χ1) is 10.3. The predicted octanol–water partition coefficient (Wildman–Crippen LogP) is 4.01. The molecule has 21 heavy (non-hydrogen) atoms. The monoisotopic (exact) mass is 300 g/mol. The molecule has 5 heteroatoms. The number of nitrogens with zero attached hydrogens (tertiary/aromatic N) is 2. The minimum Gasteiger partial charge on any atom is -0.493 e.